The predicted molar refractivity (Wildman–Crippen MR) is 62.8 cm³/mol. The van der Waals surface area contributed by atoms with E-state index in [2.05, 4.69) is 12.2 Å². The molecule has 1 amide bonds. The fraction of sp³-hybridized carbons (Fsp3) is 0.583. The van der Waals surface area contributed by atoms with Crippen molar-refractivity contribution in [2.24, 2.45) is 0 Å². The van der Waals surface area contributed by atoms with Crippen molar-refractivity contribution in [3.8, 4) is 0 Å². The Balaban J connectivity index is 2.02. The van der Waals surface area contributed by atoms with E-state index in [9.17, 15) is 4.79 Å². The van der Waals surface area contributed by atoms with Gasteiger partial charge in [-0.2, -0.15) is 0 Å². The average Bonchev–Trinajstić information content (AvgIpc) is 2.77. The third kappa shape index (κ3) is 2.87. The predicted octanol–water partition coefficient (Wildman–Crippen LogP) is 0.860. The van der Waals surface area contributed by atoms with Gasteiger partial charge in [0, 0.05) is 32.8 Å². The van der Waals surface area contributed by atoms with Crippen LogP contribution in [-0.2, 0) is 11.3 Å². The summed E-state index contributed by atoms with van der Waals surface area (Å²) in [7, 11) is 1.60. The van der Waals surface area contributed by atoms with Gasteiger partial charge >= 0.3 is 0 Å². The number of nitrogens with one attached hydrogen (secondary N) is 1. The topological polar surface area (TPSA) is 54.7 Å². The van der Waals surface area contributed by atoms with Gasteiger partial charge in [0.15, 0.2) is 5.76 Å². The molecule has 1 fully saturated rings. The number of furan rings is 1. The SMILES string of the molecule is COCc1ccc(C(=O)N2CCNC(C)C2)o1. The quantitative estimate of drug-likeness (QED) is 0.848. The third-order valence-corrected chi connectivity index (χ3v) is 2.82. The molecule has 5 heteroatoms. The van der Waals surface area contributed by atoms with Crippen LogP contribution in [0, 0.1) is 0 Å². The second kappa shape index (κ2) is 5.33. The maximum absolute atomic E-state index is 12.1. The first-order chi connectivity index (χ1) is 8.20. The van der Waals surface area contributed by atoms with Crippen molar-refractivity contribution < 1.29 is 13.9 Å². The Hall–Kier alpha value is -1.33. The fourth-order valence-electron chi connectivity index (χ4n) is 1.99. The summed E-state index contributed by atoms with van der Waals surface area (Å²) in [5.41, 5.74) is 0. The van der Waals surface area contributed by atoms with Crippen molar-refractivity contribution in [3.05, 3.63) is 23.7 Å². The van der Waals surface area contributed by atoms with Gasteiger partial charge in [0.05, 0.1) is 0 Å². The van der Waals surface area contributed by atoms with Gasteiger partial charge in [-0.1, -0.05) is 0 Å². The molecule has 0 radical (unpaired) electrons. The van der Waals surface area contributed by atoms with Gasteiger partial charge in [-0.05, 0) is 19.1 Å². The van der Waals surface area contributed by atoms with Crippen LogP contribution in [0.3, 0.4) is 0 Å². The summed E-state index contributed by atoms with van der Waals surface area (Å²) in [5.74, 6) is 1.03. The Morgan fingerprint density at radius 1 is 1.65 bits per heavy atom. The van der Waals surface area contributed by atoms with Crippen LogP contribution in [0.5, 0.6) is 0 Å². The summed E-state index contributed by atoms with van der Waals surface area (Å²) >= 11 is 0. The molecule has 2 rings (SSSR count). The van der Waals surface area contributed by atoms with Crippen molar-refractivity contribution in [3.63, 3.8) is 0 Å². The molecule has 1 unspecified atom stereocenters. The molecule has 0 saturated carbocycles. The fourth-order valence-corrected chi connectivity index (χ4v) is 1.99. The lowest BCUT2D eigenvalue weighted by Gasteiger charge is -2.31. The van der Waals surface area contributed by atoms with Gasteiger partial charge in [-0.15, -0.1) is 0 Å². The van der Waals surface area contributed by atoms with Crippen molar-refractivity contribution >= 4 is 5.91 Å². The van der Waals surface area contributed by atoms with E-state index >= 15 is 0 Å². The third-order valence-electron chi connectivity index (χ3n) is 2.82. The van der Waals surface area contributed by atoms with Crippen LogP contribution in [0.1, 0.15) is 23.2 Å². The summed E-state index contributed by atoms with van der Waals surface area (Å²) in [6.07, 6.45) is 0. The van der Waals surface area contributed by atoms with Gasteiger partial charge in [0.25, 0.3) is 5.91 Å². The highest BCUT2D eigenvalue weighted by Gasteiger charge is 2.23. The highest BCUT2D eigenvalue weighted by Crippen LogP contribution is 2.12. The van der Waals surface area contributed by atoms with E-state index in [4.69, 9.17) is 9.15 Å². The van der Waals surface area contributed by atoms with E-state index in [1.807, 2.05) is 4.90 Å². The number of nitrogens with zero attached hydrogens (tertiary/aromatic N) is 1. The zero-order chi connectivity index (χ0) is 12.3. The number of carbonyl (C=O) groups excluding carboxylic acids is 1. The molecule has 94 valence electrons. The Kier molecular flexibility index (Phi) is 3.81. The number of rotatable bonds is 3. The molecular formula is C12H18N2O3. The van der Waals surface area contributed by atoms with E-state index in [0.29, 0.717) is 24.2 Å². The second-order valence-electron chi connectivity index (χ2n) is 4.31. The highest BCUT2D eigenvalue weighted by atomic mass is 16.5. The molecule has 1 saturated heterocycles. The van der Waals surface area contributed by atoms with Crippen molar-refractivity contribution in [1.29, 1.82) is 0 Å². The van der Waals surface area contributed by atoms with E-state index in [1.165, 1.54) is 0 Å². The van der Waals surface area contributed by atoms with Gasteiger partial charge in [0.1, 0.15) is 12.4 Å². The minimum atomic E-state index is -0.0410. The Bertz CT molecular complexity index is 389. The zero-order valence-electron chi connectivity index (χ0n) is 10.2. The molecule has 1 aliphatic rings. The maximum Gasteiger partial charge on any atom is 0.289 e. The lowest BCUT2D eigenvalue weighted by molar-refractivity contribution is 0.0669. The molecule has 2 heterocycles. The molecule has 0 bridgehead atoms. The number of hydrogen-bond acceptors (Lipinski definition) is 4. The molecule has 0 spiro atoms. The summed E-state index contributed by atoms with van der Waals surface area (Å²) < 4.78 is 10.4. The van der Waals surface area contributed by atoms with Crippen LogP contribution >= 0.6 is 0 Å². The number of amides is 1. The van der Waals surface area contributed by atoms with E-state index in [0.717, 1.165) is 19.6 Å². The second-order valence-corrected chi connectivity index (χ2v) is 4.31. The Morgan fingerprint density at radius 2 is 2.47 bits per heavy atom. The summed E-state index contributed by atoms with van der Waals surface area (Å²) in [6.45, 7) is 4.74. The summed E-state index contributed by atoms with van der Waals surface area (Å²) in [5, 5.41) is 3.30. The molecule has 17 heavy (non-hydrogen) atoms. The van der Waals surface area contributed by atoms with E-state index in [-0.39, 0.29) is 5.91 Å². The molecule has 0 aromatic carbocycles. The standard InChI is InChI=1S/C12H18N2O3/c1-9-7-14(6-5-13-9)12(15)11-4-3-10(17-11)8-16-2/h3-4,9,13H,5-8H2,1-2H3. The van der Waals surface area contributed by atoms with Crippen LogP contribution in [0.25, 0.3) is 0 Å². The first kappa shape index (κ1) is 12.1. The molecule has 5 nitrogen and oxygen atoms in total. The van der Waals surface area contributed by atoms with Crippen molar-refractivity contribution in [2.75, 3.05) is 26.7 Å². The summed E-state index contributed by atoms with van der Waals surface area (Å²) in [6, 6.07) is 3.83. The highest BCUT2D eigenvalue weighted by molar-refractivity contribution is 5.91. The molecule has 1 N–H and O–H groups in total. The first-order valence-corrected chi connectivity index (χ1v) is 5.81. The van der Waals surface area contributed by atoms with Crippen LogP contribution in [0.15, 0.2) is 16.5 Å². The number of carbonyl (C=O) groups is 1. The summed E-state index contributed by atoms with van der Waals surface area (Å²) in [4.78, 5) is 13.9. The van der Waals surface area contributed by atoms with Crippen LogP contribution in [0.4, 0.5) is 0 Å². The maximum atomic E-state index is 12.1. The number of ether oxygens (including phenoxy) is 1. The zero-order valence-corrected chi connectivity index (χ0v) is 10.2. The van der Waals surface area contributed by atoms with Crippen molar-refractivity contribution in [1.82, 2.24) is 10.2 Å². The Labute approximate surface area is 101 Å². The minimum absolute atomic E-state index is 0.0410. The molecule has 1 aliphatic heterocycles. The smallest absolute Gasteiger partial charge is 0.289 e. The van der Waals surface area contributed by atoms with E-state index in [1.54, 1.807) is 19.2 Å². The van der Waals surface area contributed by atoms with Gasteiger partial charge < -0.3 is 19.4 Å². The molecule has 1 aromatic heterocycles. The van der Waals surface area contributed by atoms with Crippen LogP contribution < -0.4 is 5.32 Å². The molecule has 0 aliphatic carbocycles. The van der Waals surface area contributed by atoms with Gasteiger partial charge in [-0.25, -0.2) is 0 Å². The normalized spacial score (nSPS) is 20.6. The Morgan fingerprint density at radius 3 is 3.18 bits per heavy atom. The lowest BCUT2D eigenvalue weighted by Crippen LogP contribution is -2.51. The minimum Gasteiger partial charge on any atom is -0.453 e. The van der Waals surface area contributed by atoms with E-state index < -0.39 is 0 Å². The van der Waals surface area contributed by atoms with Crippen LogP contribution in [0.2, 0.25) is 0 Å². The molecular weight excluding hydrogens is 220 g/mol. The lowest BCUT2D eigenvalue weighted by atomic mass is 10.2. The van der Waals surface area contributed by atoms with Crippen molar-refractivity contribution in [2.45, 2.75) is 19.6 Å². The van der Waals surface area contributed by atoms with Gasteiger partial charge in [-0.3, -0.25) is 4.79 Å². The van der Waals surface area contributed by atoms with Crippen LogP contribution in [-0.4, -0.2) is 43.6 Å². The number of hydrogen-bond donors (Lipinski definition) is 1. The largest absolute Gasteiger partial charge is 0.453 e. The number of methoxy groups -OCH3 is 1. The monoisotopic (exact) mass is 238 g/mol. The average molecular weight is 238 g/mol. The van der Waals surface area contributed by atoms with Gasteiger partial charge in [0.2, 0.25) is 0 Å². The molecule has 1 aromatic rings. The first-order valence-electron chi connectivity index (χ1n) is 5.81. The molecule has 1 atom stereocenters. The number of piperazine rings is 1.